The molecule has 2 heterocycles. The van der Waals surface area contributed by atoms with Gasteiger partial charge in [-0.05, 0) is 71.3 Å². The Morgan fingerprint density at radius 3 is 1.67 bits per heavy atom. The number of nitriles is 2. The number of hydrogen-bond donors (Lipinski definition) is 0. The van der Waals surface area contributed by atoms with Gasteiger partial charge in [0, 0.05) is 32.8 Å². The van der Waals surface area contributed by atoms with E-state index in [9.17, 15) is 10.5 Å². The maximum absolute atomic E-state index is 10.2. The molecule has 48 heavy (non-hydrogen) atoms. The van der Waals surface area contributed by atoms with E-state index in [4.69, 9.17) is 0 Å². The van der Waals surface area contributed by atoms with Crippen LogP contribution in [0.25, 0.3) is 77.2 Å². The summed E-state index contributed by atoms with van der Waals surface area (Å²) in [5, 5.41) is 24.7. The third-order valence-corrected chi connectivity index (χ3v) is 9.42. The quantitative estimate of drug-likeness (QED) is 0.199. The molecule has 4 nitrogen and oxygen atoms in total. The molecule has 0 aliphatic heterocycles. The third-order valence-electron chi connectivity index (χ3n) is 9.42. The van der Waals surface area contributed by atoms with Gasteiger partial charge in [-0.3, -0.25) is 0 Å². The van der Waals surface area contributed by atoms with Crippen LogP contribution in [0.4, 0.5) is 0 Å². The van der Waals surface area contributed by atoms with Crippen LogP contribution in [0.2, 0.25) is 0 Å². The van der Waals surface area contributed by atoms with Crippen LogP contribution in [0.3, 0.4) is 0 Å². The summed E-state index contributed by atoms with van der Waals surface area (Å²) < 4.78 is 4.53. The van der Waals surface area contributed by atoms with Gasteiger partial charge in [0.05, 0.1) is 45.0 Å². The molecule has 0 fully saturated rings. The molecular formula is C44H26N4. The number of para-hydroxylation sites is 5. The van der Waals surface area contributed by atoms with E-state index in [0.29, 0.717) is 11.1 Å². The second-order valence-corrected chi connectivity index (χ2v) is 12.0. The number of fused-ring (bicyclic) bond motifs is 6. The van der Waals surface area contributed by atoms with Crippen molar-refractivity contribution in [2.75, 3.05) is 0 Å². The fourth-order valence-corrected chi connectivity index (χ4v) is 7.33. The molecule has 0 amide bonds. The number of rotatable bonds is 4. The van der Waals surface area contributed by atoms with E-state index in [1.165, 1.54) is 10.8 Å². The van der Waals surface area contributed by atoms with Crippen LogP contribution in [0.15, 0.2) is 158 Å². The Kier molecular flexibility index (Phi) is 6.22. The summed E-state index contributed by atoms with van der Waals surface area (Å²) in [4.78, 5) is 0. The summed E-state index contributed by atoms with van der Waals surface area (Å²) in [5.74, 6) is 0. The Balaban J connectivity index is 1.25. The lowest BCUT2D eigenvalue weighted by molar-refractivity contribution is 1.18. The fraction of sp³-hybridized carbons (Fsp3) is 0. The Labute approximate surface area is 277 Å². The first-order chi connectivity index (χ1) is 23.7. The zero-order valence-corrected chi connectivity index (χ0v) is 25.8. The van der Waals surface area contributed by atoms with Crippen LogP contribution in [0, 0.1) is 22.7 Å². The Bertz CT molecular complexity index is 2750. The molecule has 0 atom stereocenters. The first kappa shape index (κ1) is 27.4. The summed E-state index contributed by atoms with van der Waals surface area (Å²) in [6.07, 6.45) is 0. The second kappa shape index (κ2) is 10.9. The van der Waals surface area contributed by atoms with Crippen LogP contribution in [-0.2, 0) is 0 Å². The molecule has 0 N–H and O–H groups in total. The summed E-state index contributed by atoms with van der Waals surface area (Å²) in [5.41, 5.74) is 11.5. The van der Waals surface area contributed by atoms with Crippen LogP contribution in [-0.4, -0.2) is 9.13 Å². The third kappa shape index (κ3) is 4.07. The lowest BCUT2D eigenvalue weighted by atomic mass is 9.91. The number of nitrogens with zero attached hydrogens (tertiary/aromatic N) is 4. The summed E-state index contributed by atoms with van der Waals surface area (Å²) >= 11 is 0. The summed E-state index contributed by atoms with van der Waals surface area (Å²) in [6, 6.07) is 58.9. The average molecular weight is 611 g/mol. The first-order valence-corrected chi connectivity index (χ1v) is 15.9. The van der Waals surface area contributed by atoms with Crippen molar-refractivity contribution in [2.45, 2.75) is 0 Å². The highest BCUT2D eigenvalue weighted by Gasteiger charge is 2.20. The summed E-state index contributed by atoms with van der Waals surface area (Å²) in [7, 11) is 0. The smallest absolute Gasteiger partial charge is 0.101 e. The van der Waals surface area contributed by atoms with E-state index in [2.05, 4.69) is 124 Å². The van der Waals surface area contributed by atoms with Crippen molar-refractivity contribution in [1.82, 2.24) is 9.13 Å². The Hall–Kier alpha value is -6.88. The fourth-order valence-electron chi connectivity index (χ4n) is 7.33. The molecule has 0 bridgehead atoms. The highest BCUT2D eigenvalue weighted by molar-refractivity contribution is 6.12. The number of aromatic nitrogens is 2. The van der Waals surface area contributed by atoms with Gasteiger partial charge in [-0.2, -0.15) is 10.5 Å². The molecule has 0 radical (unpaired) electrons. The zero-order valence-electron chi connectivity index (χ0n) is 25.8. The van der Waals surface area contributed by atoms with Gasteiger partial charge in [0.1, 0.15) is 6.07 Å². The van der Waals surface area contributed by atoms with Gasteiger partial charge in [0.15, 0.2) is 0 Å². The van der Waals surface area contributed by atoms with Crippen LogP contribution < -0.4 is 0 Å². The van der Waals surface area contributed by atoms with Crippen molar-refractivity contribution in [3.05, 3.63) is 169 Å². The van der Waals surface area contributed by atoms with Gasteiger partial charge in [0.2, 0.25) is 0 Å². The predicted octanol–water partition coefficient (Wildman–Crippen LogP) is 11.0. The van der Waals surface area contributed by atoms with Gasteiger partial charge in [-0.25, -0.2) is 0 Å². The minimum absolute atomic E-state index is 0.598. The topological polar surface area (TPSA) is 57.4 Å². The van der Waals surface area contributed by atoms with Crippen molar-refractivity contribution in [3.8, 4) is 45.8 Å². The van der Waals surface area contributed by atoms with Crippen molar-refractivity contribution in [1.29, 1.82) is 10.5 Å². The van der Waals surface area contributed by atoms with E-state index >= 15 is 0 Å². The van der Waals surface area contributed by atoms with Crippen LogP contribution >= 0.6 is 0 Å². The molecule has 7 aromatic carbocycles. The largest absolute Gasteiger partial charge is 0.309 e. The summed E-state index contributed by atoms with van der Waals surface area (Å²) in [6.45, 7) is 0. The molecule has 0 spiro atoms. The van der Waals surface area contributed by atoms with Crippen molar-refractivity contribution in [3.63, 3.8) is 0 Å². The Morgan fingerprint density at radius 2 is 1.00 bits per heavy atom. The lowest BCUT2D eigenvalue weighted by Crippen LogP contribution is -1.99. The lowest BCUT2D eigenvalue weighted by Gasteiger charge is -2.18. The van der Waals surface area contributed by atoms with Crippen molar-refractivity contribution >= 4 is 43.6 Å². The first-order valence-electron chi connectivity index (χ1n) is 15.9. The Morgan fingerprint density at radius 1 is 0.417 bits per heavy atom. The molecule has 2 aromatic heterocycles. The van der Waals surface area contributed by atoms with E-state index in [0.717, 1.165) is 66.5 Å². The van der Waals surface area contributed by atoms with Crippen LogP contribution in [0.1, 0.15) is 11.1 Å². The molecule has 4 heteroatoms. The molecule has 0 saturated heterocycles. The zero-order chi connectivity index (χ0) is 32.2. The van der Waals surface area contributed by atoms with E-state index in [1.807, 2.05) is 54.6 Å². The number of benzene rings is 7. The average Bonchev–Trinajstić information content (AvgIpc) is 3.68. The second-order valence-electron chi connectivity index (χ2n) is 12.0. The monoisotopic (exact) mass is 610 g/mol. The molecule has 0 aliphatic rings. The molecule has 0 unspecified atom stereocenters. The molecular weight excluding hydrogens is 585 g/mol. The van der Waals surface area contributed by atoms with Gasteiger partial charge in [-0.1, -0.05) is 103 Å². The molecule has 0 aliphatic carbocycles. The van der Waals surface area contributed by atoms with Gasteiger partial charge in [-0.15, -0.1) is 0 Å². The minimum atomic E-state index is 0.598. The number of hydrogen-bond acceptors (Lipinski definition) is 2. The standard InChI is InChI=1S/C44H26N4/c45-27-29-20-25-33(34-11-1-7-18-42(34)48-43-19-8-4-14-37(43)38-15-9-10-31(28-46)44(38)48)39(26-29)30-21-23-32(24-22-30)47-40-16-5-2-12-35(40)36-13-3-6-17-41(36)47/h1-26H. The van der Waals surface area contributed by atoms with Crippen molar-refractivity contribution < 1.29 is 0 Å². The molecule has 9 rings (SSSR count). The van der Waals surface area contributed by atoms with E-state index < -0.39 is 0 Å². The van der Waals surface area contributed by atoms with Gasteiger partial charge < -0.3 is 9.13 Å². The van der Waals surface area contributed by atoms with E-state index in [-0.39, 0.29) is 0 Å². The highest BCUT2D eigenvalue weighted by Crippen LogP contribution is 2.41. The molecule has 0 saturated carbocycles. The molecule has 222 valence electrons. The van der Waals surface area contributed by atoms with Gasteiger partial charge >= 0.3 is 0 Å². The van der Waals surface area contributed by atoms with Crippen molar-refractivity contribution in [2.24, 2.45) is 0 Å². The SMILES string of the molecule is N#Cc1ccc(-c2ccccc2-n2c3ccccc3c3cccc(C#N)c32)c(-c2ccc(-n3c4ccccc4c4ccccc43)cc2)c1. The van der Waals surface area contributed by atoms with E-state index in [1.54, 1.807) is 0 Å². The maximum Gasteiger partial charge on any atom is 0.101 e. The highest BCUT2D eigenvalue weighted by atomic mass is 15.0. The minimum Gasteiger partial charge on any atom is -0.309 e. The molecule has 9 aromatic rings. The van der Waals surface area contributed by atoms with Crippen LogP contribution in [0.5, 0.6) is 0 Å². The predicted molar refractivity (Wildman–Crippen MR) is 195 cm³/mol. The van der Waals surface area contributed by atoms with Gasteiger partial charge in [0.25, 0.3) is 0 Å². The normalized spacial score (nSPS) is 11.3. The maximum atomic E-state index is 10.2.